The van der Waals surface area contributed by atoms with Crippen molar-refractivity contribution in [3.8, 4) is 11.1 Å². The summed E-state index contributed by atoms with van der Waals surface area (Å²) in [7, 11) is 0. The Morgan fingerprint density at radius 1 is 1.10 bits per heavy atom. The second-order valence-electron chi connectivity index (χ2n) is 4.50. The highest BCUT2D eigenvalue weighted by Crippen LogP contribution is 2.37. The average Bonchev–Trinajstić information content (AvgIpc) is 2.90. The molecule has 4 heteroatoms. The van der Waals surface area contributed by atoms with Crippen LogP contribution < -0.4 is 5.73 Å². The lowest BCUT2D eigenvalue weighted by molar-refractivity contribution is 0.0699. The largest absolute Gasteiger partial charge is 0.478 e. The predicted octanol–water partition coefficient (Wildman–Crippen LogP) is 3.73. The molecule has 1 aromatic heterocycles. The minimum atomic E-state index is -0.892. The number of fused-ring (bicyclic) bond motifs is 1. The quantitative estimate of drug-likeness (QED) is 0.770. The Bertz CT molecular complexity index is 792. The molecule has 0 radical (unpaired) electrons. The number of hydrogen-bond donors (Lipinski definition) is 2. The minimum absolute atomic E-state index is 0.351. The number of thiophene rings is 1. The van der Waals surface area contributed by atoms with E-state index in [1.54, 1.807) is 12.1 Å². The first-order valence-electron chi connectivity index (χ1n) is 6.24. The van der Waals surface area contributed by atoms with Crippen LogP contribution in [0.25, 0.3) is 21.2 Å². The van der Waals surface area contributed by atoms with Gasteiger partial charge >= 0.3 is 5.97 Å². The number of benzene rings is 2. The molecule has 0 bridgehead atoms. The molecule has 0 amide bonds. The molecule has 0 saturated carbocycles. The maximum Gasteiger partial charge on any atom is 0.337 e. The number of rotatable bonds is 3. The first-order chi connectivity index (χ1) is 9.72. The summed E-state index contributed by atoms with van der Waals surface area (Å²) in [5, 5.41) is 12.2. The highest BCUT2D eigenvalue weighted by molar-refractivity contribution is 7.18. The Labute approximate surface area is 120 Å². The van der Waals surface area contributed by atoms with E-state index in [0.29, 0.717) is 12.1 Å². The first kappa shape index (κ1) is 12.8. The Balaban J connectivity index is 2.28. The van der Waals surface area contributed by atoms with E-state index in [9.17, 15) is 9.90 Å². The molecular formula is C16H13NO2S. The topological polar surface area (TPSA) is 63.3 Å². The molecule has 3 rings (SSSR count). The van der Waals surface area contributed by atoms with Crippen LogP contribution in [0.1, 0.15) is 15.9 Å². The third-order valence-electron chi connectivity index (χ3n) is 3.36. The van der Waals surface area contributed by atoms with Crippen LogP contribution in [-0.2, 0) is 6.54 Å². The van der Waals surface area contributed by atoms with Crippen LogP contribution in [0.2, 0.25) is 0 Å². The number of aromatic carboxylic acids is 1. The van der Waals surface area contributed by atoms with Gasteiger partial charge in [0.1, 0.15) is 0 Å². The fourth-order valence-electron chi connectivity index (χ4n) is 2.40. The van der Waals surface area contributed by atoms with Gasteiger partial charge < -0.3 is 10.8 Å². The van der Waals surface area contributed by atoms with Gasteiger partial charge in [-0.3, -0.25) is 0 Å². The van der Waals surface area contributed by atoms with E-state index in [1.807, 2.05) is 35.7 Å². The molecule has 0 aliphatic rings. The maximum absolute atomic E-state index is 11.3. The predicted molar refractivity (Wildman–Crippen MR) is 82.1 cm³/mol. The summed E-state index contributed by atoms with van der Waals surface area (Å²) in [6.07, 6.45) is 0. The van der Waals surface area contributed by atoms with Crippen LogP contribution in [0.3, 0.4) is 0 Å². The van der Waals surface area contributed by atoms with E-state index < -0.39 is 5.97 Å². The van der Waals surface area contributed by atoms with Gasteiger partial charge in [-0.05, 0) is 22.6 Å². The molecule has 100 valence electrons. The third kappa shape index (κ3) is 1.99. The lowest BCUT2D eigenvalue weighted by Gasteiger charge is -2.06. The van der Waals surface area contributed by atoms with Crippen LogP contribution >= 0.6 is 11.3 Å². The first-order valence-corrected chi connectivity index (χ1v) is 7.12. The van der Waals surface area contributed by atoms with Crippen LogP contribution in [0.15, 0.2) is 47.8 Å². The van der Waals surface area contributed by atoms with E-state index in [4.69, 9.17) is 5.73 Å². The molecular weight excluding hydrogens is 270 g/mol. The molecule has 0 saturated heterocycles. The van der Waals surface area contributed by atoms with E-state index in [-0.39, 0.29) is 0 Å². The normalized spacial score (nSPS) is 10.8. The molecule has 1 heterocycles. The number of carboxylic acids is 1. The molecule has 0 aliphatic carbocycles. The van der Waals surface area contributed by atoms with Crippen molar-refractivity contribution in [3.63, 3.8) is 0 Å². The zero-order valence-electron chi connectivity index (χ0n) is 10.7. The molecule has 20 heavy (non-hydrogen) atoms. The molecule has 0 unspecified atom stereocenters. The average molecular weight is 283 g/mol. The van der Waals surface area contributed by atoms with Crippen molar-refractivity contribution >= 4 is 27.4 Å². The molecule has 0 aliphatic heterocycles. The standard InChI is InChI=1S/C16H13NO2S/c17-8-10-4-1-2-5-11(10)14-9-20-15-12(14)6-3-7-13(15)16(18)19/h1-7,9H,8,17H2,(H,18,19). The molecule has 3 aromatic rings. The molecule has 3 N–H and O–H groups in total. The number of hydrogen-bond acceptors (Lipinski definition) is 3. The summed E-state index contributed by atoms with van der Waals surface area (Å²) >= 11 is 1.46. The summed E-state index contributed by atoms with van der Waals surface area (Å²) < 4.78 is 0.807. The number of carbonyl (C=O) groups is 1. The van der Waals surface area contributed by atoms with Gasteiger partial charge in [0.25, 0.3) is 0 Å². The third-order valence-corrected chi connectivity index (χ3v) is 4.39. The van der Waals surface area contributed by atoms with Gasteiger partial charge in [-0.25, -0.2) is 4.79 Å². The van der Waals surface area contributed by atoms with E-state index in [0.717, 1.165) is 26.8 Å². The zero-order valence-corrected chi connectivity index (χ0v) is 11.5. The highest BCUT2D eigenvalue weighted by Gasteiger charge is 2.14. The fourth-order valence-corrected chi connectivity index (χ4v) is 3.47. The van der Waals surface area contributed by atoms with E-state index >= 15 is 0 Å². The minimum Gasteiger partial charge on any atom is -0.478 e. The second-order valence-corrected chi connectivity index (χ2v) is 5.38. The summed E-state index contributed by atoms with van der Waals surface area (Å²) in [6.45, 7) is 0.464. The van der Waals surface area contributed by atoms with Gasteiger partial charge in [-0.1, -0.05) is 36.4 Å². The van der Waals surface area contributed by atoms with Gasteiger partial charge in [-0.2, -0.15) is 0 Å². The molecule has 0 spiro atoms. The van der Waals surface area contributed by atoms with E-state index in [1.165, 1.54) is 11.3 Å². The Morgan fingerprint density at radius 3 is 2.65 bits per heavy atom. The molecule has 0 atom stereocenters. The van der Waals surface area contributed by atoms with Crippen LogP contribution in [0.4, 0.5) is 0 Å². The lowest BCUT2D eigenvalue weighted by Crippen LogP contribution is -1.98. The second kappa shape index (κ2) is 5.07. The van der Waals surface area contributed by atoms with Gasteiger partial charge in [0, 0.05) is 22.2 Å². The van der Waals surface area contributed by atoms with Crippen molar-refractivity contribution in [2.45, 2.75) is 6.54 Å². The summed E-state index contributed by atoms with van der Waals surface area (Å²) in [6, 6.07) is 13.3. The summed E-state index contributed by atoms with van der Waals surface area (Å²) in [5.41, 5.74) is 9.33. The van der Waals surface area contributed by atoms with Crippen LogP contribution in [-0.4, -0.2) is 11.1 Å². The van der Waals surface area contributed by atoms with Crippen molar-refractivity contribution in [2.75, 3.05) is 0 Å². The van der Waals surface area contributed by atoms with Crippen LogP contribution in [0, 0.1) is 0 Å². The van der Waals surface area contributed by atoms with Crippen molar-refractivity contribution in [1.29, 1.82) is 0 Å². The number of carboxylic acid groups (broad SMARTS) is 1. The van der Waals surface area contributed by atoms with Gasteiger partial charge in [-0.15, -0.1) is 11.3 Å². The lowest BCUT2D eigenvalue weighted by atomic mass is 9.98. The highest BCUT2D eigenvalue weighted by atomic mass is 32.1. The fraction of sp³-hybridized carbons (Fsp3) is 0.0625. The zero-order chi connectivity index (χ0) is 14.1. The van der Waals surface area contributed by atoms with Gasteiger partial charge in [0.05, 0.1) is 5.56 Å². The monoisotopic (exact) mass is 283 g/mol. The Kier molecular flexibility index (Phi) is 3.26. The Morgan fingerprint density at radius 2 is 1.90 bits per heavy atom. The smallest absolute Gasteiger partial charge is 0.337 e. The van der Waals surface area contributed by atoms with Crippen molar-refractivity contribution in [2.24, 2.45) is 5.73 Å². The van der Waals surface area contributed by atoms with Gasteiger partial charge in [0.15, 0.2) is 0 Å². The summed E-state index contributed by atoms with van der Waals surface area (Å²) in [4.78, 5) is 11.3. The van der Waals surface area contributed by atoms with Crippen LogP contribution in [0.5, 0.6) is 0 Å². The Hall–Kier alpha value is -2.17. The van der Waals surface area contributed by atoms with Gasteiger partial charge in [0.2, 0.25) is 0 Å². The SMILES string of the molecule is NCc1ccccc1-c1csc2c(C(=O)O)cccc12. The van der Waals surface area contributed by atoms with E-state index in [2.05, 4.69) is 0 Å². The van der Waals surface area contributed by atoms with Crippen molar-refractivity contribution in [3.05, 3.63) is 59.0 Å². The number of nitrogens with two attached hydrogens (primary N) is 1. The summed E-state index contributed by atoms with van der Waals surface area (Å²) in [5.74, 6) is -0.892. The molecule has 0 fully saturated rings. The molecule has 2 aromatic carbocycles. The molecule has 3 nitrogen and oxygen atoms in total. The van der Waals surface area contributed by atoms with Crippen molar-refractivity contribution in [1.82, 2.24) is 0 Å². The maximum atomic E-state index is 11.3. The van der Waals surface area contributed by atoms with Crippen molar-refractivity contribution < 1.29 is 9.90 Å².